The molecule has 0 aromatic carbocycles. The predicted molar refractivity (Wildman–Crippen MR) is 20.4 cm³/mol. The van der Waals surface area contributed by atoms with Crippen LogP contribution in [0.3, 0.4) is 0 Å². The first-order valence-corrected chi connectivity index (χ1v) is 1.56. The molecule has 0 aromatic heterocycles. The summed E-state index contributed by atoms with van der Waals surface area (Å²) in [5.41, 5.74) is 0. The summed E-state index contributed by atoms with van der Waals surface area (Å²) in [7, 11) is 0. The molecule has 0 saturated heterocycles. The summed E-state index contributed by atoms with van der Waals surface area (Å²) >= 11 is 0. The Hall–Kier alpha value is -0.740. The Balaban J connectivity index is 0. The molecule has 0 radical (unpaired) electrons. The summed E-state index contributed by atoms with van der Waals surface area (Å²) < 4.78 is 31.1. The molecule has 2 nitrogen and oxygen atoms in total. The van der Waals surface area contributed by atoms with Crippen LogP contribution >= 0.6 is 0 Å². The Morgan fingerprint density at radius 2 is 1.50 bits per heavy atom. The fourth-order valence-corrected chi connectivity index (χ4v) is 0. The highest BCUT2D eigenvalue weighted by atomic mass is 19.4. The summed E-state index contributed by atoms with van der Waals surface area (Å²) in [6, 6.07) is 0. The van der Waals surface area contributed by atoms with Crippen molar-refractivity contribution < 1.29 is 23.1 Å². The van der Waals surface area contributed by atoms with Crippen molar-refractivity contribution >= 4 is 6.47 Å². The van der Waals surface area contributed by atoms with E-state index in [0.29, 0.717) is 0 Å². The van der Waals surface area contributed by atoms with E-state index in [4.69, 9.17) is 9.90 Å². The lowest BCUT2D eigenvalue weighted by Gasteiger charge is -1.88. The fraction of sp³-hybridized carbons (Fsp3) is 0.667. The quantitative estimate of drug-likeness (QED) is 0.501. The molecule has 8 heavy (non-hydrogen) atoms. The number of hydrogen-bond acceptors (Lipinski definition) is 1. The Kier molecular flexibility index (Phi) is 5.68. The van der Waals surface area contributed by atoms with Crippen molar-refractivity contribution in [3.05, 3.63) is 0 Å². The van der Waals surface area contributed by atoms with Gasteiger partial charge in [0.2, 0.25) is 0 Å². The number of hydrogen-bond donors (Lipinski definition) is 1. The van der Waals surface area contributed by atoms with Gasteiger partial charge in [-0.2, -0.15) is 13.2 Å². The van der Waals surface area contributed by atoms with E-state index in [2.05, 4.69) is 0 Å². The molecule has 0 spiro atoms. The van der Waals surface area contributed by atoms with Gasteiger partial charge in [-0.05, 0) is 0 Å². The molecule has 0 fully saturated rings. The number of rotatable bonds is 0. The largest absolute Gasteiger partial charge is 0.483 e. The van der Waals surface area contributed by atoms with Gasteiger partial charge in [0.25, 0.3) is 6.47 Å². The van der Waals surface area contributed by atoms with Gasteiger partial charge in [-0.15, -0.1) is 0 Å². The van der Waals surface area contributed by atoms with Crippen LogP contribution in [0.2, 0.25) is 0 Å². The highest BCUT2D eigenvalue weighted by Crippen LogP contribution is 2.10. The third-order valence-electron chi connectivity index (χ3n) is 0. The smallest absolute Gasteiger partial charge is 0.386 e. The van der Waals surface area contributed by atoms with Crippen LogP contribution in [-0.2, 0) is 4.79 Å². The Bertz CT molecular complexity index is 52.0. The minimum absolute atomic E-state index is 0.188. The average Bonchev–Trinajstić information content (AvgIpc) is 1.27. The molecule has 0 bridgehead atoms. The van der Waals surface area contributed by atoms with E-state index in [-0.39, 0.29) is 13.4 Å². The number of carboxylic acid groups (broad SMARTS) is 1. The Labute approximate surface area is 43.9 Å². The first-order valence-electron chi connectivity index (χ1n) is 1.56. The van der Waals surface area contributed by atoms with Gasteiger partial charge in [0, 0.05) is 6.92 Å². The maximum atomic E-state index is 10.4. The van der Waals surface area contributed by atoms with E-state index in [1.54, 1.807) is 0 Å². The summed E-state index contributed by atoms with van der Waals surface area (Å²) in [6.45, 7) is -0.0625. The van der Waals surface area contributed by atoms with E-state index in [1.807, 2.05) is 0 Å². The van der Waals surface area contributed by atoms with Gasteiger partial charge in [0.15, 0.2) is 0 Å². The number of alkyl halides is 3. The van der Waals surface area contributed by atoms with Crippen molar-refractivity contribution in [3.8, 4) is 0 Å². The SMILES string of the molecule is CC(F)(F)F.O=CO. The minimum Gasteiger partial charge on any atom is -0.483 e. The zero-order valence-electron chi connectivity index (χ0n) is 4.07. The molecule has 5 heteroatoms. The lowest BCUT2D eigenvalue weighted by molar-refractivity contribution is -0.122. The predicted octanol–water partition coefficient (Wildman–Crippen LogP) is 1.27. The second-order valence-corrected chi connectivity index (χ2v) is 0.887. The van der Waals surface area contributed by atoms with Gasteiger partial charge in [-0.1, -0.05) is 0 Å². The molecule has 0 unspecified atom stereocenters. The lowest BCUT2D eigenvalue weighted by atomic mass is 10.8. The molecule has 0 amide bonds. The highest BCUT2D eigenvalue weighted by Gasteiger charge is 2.15. The number of carbonyl (C=O) groups is 1. The number of halogens is 3. The van der Waals surface area contributed by atoms with Crippen molar-refractivity contribution in [2.24, 2.45) is 0 Å². The average molecular weight is 130 g/mol. The van der Waals surface area contributed by atoms with E-state index in [0.717, 1.165) is 0 Å². The normalized spacial score (nSPS) is 9.00. The molecule has 0 rings (SSSR count). The van der Waals surface area contributed by atoms with Crippen LogP contribution in [-0.4, -0.2) is 17.8 Å². The third kappa shape index (κ3) is 174. The summed E-state index contributed by atoms with van der Waals surface area (Å²) in [5, 5.41) is 6.89. The van der Waals surface area contributed by atoms with Crippen LogP contribution in [0.1, 0.15) is 6.92 Å². The molecular weight excluding hydrogens is 125 g/mol. The van der Waals surface area contributed by atoms with Crippen molar-refractivity contribution in [2.45, 2.75) is 13.1 Å². The van der Waals surface area contributed by atoms with E-state index < -0.39 is 6.18 Å². The molecule has 0 atom stereocenters. The van der Waals surface area contributed by atoms with E-state index in [1.165, 1.54) is 0 Å². The second kappa shape index (κ2) is 4.42. The Morgan fingerprint density at radius 3 is 1.50 bits per heavy atom. The molecule has 0 heterocycles. The molecular formula is C3H5F3O2. The van der Waals surface area contributed by atoms with E-state index >= 15 is 0 Å². The second-order valence-electron chi connectivity index (χ2n) is 0.887. The fourth-order valence-electron chi connectivity index (χ4n) is 0. The van der Waals surface area contributed by atoms with Gasteiger partial charge < -0.3 is 5.11 Å². The van der Waals surface area contributed by atoms with Crippen molar-refractivity contribution in [1.82, 2.24) is 0 Å². The maximum absolute atomic E-state index is 10.4. The van der Waals surface area contributed by atoms with Crippen molar-refractivity contribution in [2.75, 3.05) is 0 Å². The van der Waals surface area contributed by atoms with Crippen LogP contribution < -0.4 is 0 Å². The minimum atomic E-state index is -4.00. The van der Waals surface area contributed by atoms with Gasteiger partial charge in [-0.25, -0.2) is 0 Å². The topological polar surface area (TPSA) is 37.3 Å². The zero-order valence-corrected chi connectivity index (χ0v) is 4.07. The first-order chi connectivity index (χ1) is 3.41. The Morgan fingerprint density at radius 1 is 1.50 bits per heavy atom. The van der Waals surface area contributed by atoms with Crippen molar-refractivity contribution in [3.63, 3.8) is 0 Å². The molecule has 0 saturated carbocycles. The van der Waals surface area contributed by atoms with E-state index in [9.17, 15) is 13.2 Å². The third-order valence-corrected chi connectivity index (χ3v) is 0. The van der Waals surface area contributed by atoms with Gasteiger partial charge in [-0.3, -0.25) is 4.79 Å². The van der Waals surface area contributed by atoms with Crippen molar-refractivity contribution in [1.29, 1.82) is 0 Å². The summed E-state index contributed by atoms with van der Waals surface area (Å²) in [6.07, 6.45) is -4.00. The zero-order chi connectivity index (χ0) is 7.21. The van der Waals surface area contributed by atoms with Crippen LogP contribution in [0.25, 0.3) is 0 Å². The van der Waals surface area contributed by atoms with Crippen LogP contribution in [0.4, 0.5) is 13.2 Å². The molecule has 0 aliphatic carbocycles. The highest BCUT2D eigenvalue weighted by molar-refractivity contribution is 5.32. The molecule has 0 aliphatic heterocycles. The van der Waals surface area contributed by atoms with Gasteiger partial charge >= 0.3 is 6.18 Å². The maximum Gasteiger partial charge on any atom is 0.386 e. The molecule has 0 aliphatic rings. The molecule has 50 valence electrons. The van der Waals surface area contributed by atoms with Gasteiger partial charge in [0.05, 0.1) is 0 Å². The lowest BCUT2D eigenvalue weighted by Crippen LogP contribution is -1.95. The van der Waals surface area contributed by atoms with Crippen LogP contribution in [0.5, 0.6) is 0 Å². The first kappa shape index (κ1) is 10.3. The summed E-state index contributed by atoms with van der Waals surface area (Å²) in [5.74, 6) is 0. The molecule has 1 N–H and O–H groups in total. The monoisotopic (exact) mass is 130 g/mol. The van der Waals surface area contributed by atoms with Crippen LogP contribution in [0, 0.1) is 0 Å². The summed E-state index contributed by atoms with van der Waals surface area (Å²) in [4.78, 5) is 8.36. The van der Waals surface area contributed by atoms with Gasteiger partial charge in [0.1, 0.15) is 0 Å². The standard InChI is InChI=1S/C2H3F3.CH2O2/c1-2(3,4)5;2-1-3/h1H3;1H,(H,2,3). The van der Waals surface area contributed by atoms with Crippen LogP contribution in [0.15, 0.2) is 0 Å². The molecule has 0 aromatic rings.